The van der Waals surface area contributed by atoms with Crippen molar-refractivity contribution in [2.75, 3.05) is 0 Å². The summed E-state index contributed by atoms with van der Waals surface area (Å²) in [5.41, 5.74) is 4.88. The monoisotopic (exact) mass is 200 g/mol. The van der Waals surface area contributed by atoms with Crippen LogP contribution in [0.2, 0.25) is 5.15 Å². The van der Waals surface area contributed by atoms with Crippen LogP contribution in [0.25, 0.3) is 0 Å². The molecule has 1 heterocycles. The van der Waals surface area contributed by atoms with Crippen molar-refractivity contribution < 1.29 is 14.3 Å². The normalized spacial score (nSPS) is 9.31. The Labute approximate surface area is 78.5 Å². The molecule has 1 aromatic rings. The van der Waals surface area contributed by atoms with Gasteiger partial charge in [-0.2, -0.15) is 0 Å². The number of nitrogens with zero attached hydrogens (tertiary/aromatic N) is 1. The quantitative estimate of drug-likeness (QED) is 0.570. The van der Waals surface area contributed by atoms with Gasteiger partial charge >= 0.3 is 6.09 Å². The third-order valence-corrected chi connectivity index (χ3v) is 1.49. The molecule has 0 saturated carbocycles. The Morgan fingerprint density at radius 2 is 2.38 bits per heavy atom. The second-order valence-electron chi connectivity index (χ2n) is 2.06. The molecule has 0 radical (unpaired) electrons. The molecule has 13 heavy (non-hydrogen) atoms. The lowest BCUT2D eigenvalue weighted by molar-refractivity contribution is 0.112. The molecule has 0 saturated heterocycles. The summed E-state index contributed by atoms with van der Waals surface area (Å²) >= 11 is 5.55. The van der Waals surface area contributed by atoms with Crippen LogP contribution >= 0.6 is 11.6 Å². The Morgan fingerprint density at radius 1 is 1.69 bits per heavy atom. The molecule has 0 aliphatic heterocycles. The fourth-order valence-corrected chi connectivity index (χ4v) is 0.935. The number of hydrogen-bond acceptors (Lipinski definition) is 4. The number of carbonyl (C=O) groups is 2. The molecule has 5 nitrogen and oxygen atoms in total. The maximum absolute atomic E-state index is 10.4. The SMILES string of the molecule is NC(=O)Oc1c(C=O)ccnc1Cl. The molecule has 0 unspecified atom stereocenters. The van der Waals surface area contributed by atoms with Gasteiger partial charge < -0.3 is 10.5 Å². The highest BCUT2D eigenvalue weighted by Gasteiger charge is 2.11. The van der Waals surface area contributed by atoms with Crippen molar-refractivity contribution in [1.29, 1.82) is 0 Å². The third kappa shape index (κ3) is 2.16. The van der Waals surface area contributed by atoms with E-state index < -0.39 is 6.09 Å². The van der Waals surface area contributed by atoms with Crippen molar-refractivity contribution in [2.45, 2.75) is 0 Å². The number of nitrogens with two attached hydrogens (primary N) is 1. The number of hydrogen-bond donors (Lipinski definition) is 1. The largest absolute Gasteiger partial charge is 0.410 e. The number of pyridine rings is 1. The summed E-state index contributed by atoms with van der Waals surface area (Å²) in [5, 5.41) is -0.0802. The van der Waals surface area contributed by atoms with E-state index in [1.54, 1.807) is 0 Å². The minimum absolute atomic E-state index is 0.0802. The fraction of sp³-hybridized carbons (Fsp3) is 0. The zero-order chi connectivity index (χ0) is 9.84. The molecule has 0 aliphatic carbocycles. The van der Waals surface area contributed by atoms with Crippen molar-refractivity contribution in [3.63, 3.8) is 0 Å². The number of halogens is 1. The van der Waals surface area contributed by atoms with Crippen LogP contribution in [0.5, 0.6) is 5.75 Å². The average Bonchev–Trinajstić information content (AvgIpc) is 2.08. The summed E-state index contributed by atoms with van der Waals surface area (Å²) in [7, 11) is 0. The van der Waals surface area contributed by atoms with Gasteiger partial charge in [-0.1, -0.05) is 11.6 Å². The molecule has 2 N–H and O–H groups in total. The van der Waals surface area contributed by atoms with Crippen molar-refractivity contribution in [3.05, 3.63) is 23.0 Å². The van der Waals surface area contributed by atoms with Crippen molar-refractivity contribution in [1.82, 2.24) is 4.98 Å². The van der Waals surface area contributed by atoms with E-state index >= 15 is 0 Å². The van der Waals surface area contributed by atoms with Gasteiger partial charge in [-0.05, 0) is 6.07 Å². The van der Waals surface area contributed by atoms with Crippen LogP contribution in [0.3, 0.4) is 0 Å². The molecule has 0 aliphatic rings. The zero-order valence-electron chi connectivity index (χ0n) is 6.36. The molecule has 68 valence electrons. The highest BCUT2D eigenvalue weighted by molar-refractivity contribution is 6.31. The Kier molecular flexibility index (Phi) is 2.81. The molecule has 0 aromatic carbocycles. The first kappa shape index (κ1) is 9.47. The number of primary amides is 1. The molecule has 1 rings (SSSR count). The van der Waals surface area contributed by atoms with Gasteiger partial charge in [0.2, 0.25) is 0 Å². The molecule has 1 aromatic heterocycles. The summed E-state index contributed by atoms with van der Waals surface area (Å²) in [6.45, 7) is 0. The van der Waals surface area contributed by atoms with E-state index in [-0.39, 0.29) is 16.5 Å². The summed E-state index contributed by atoms with van der Waals surface area (Å²) in [5.74, 6) is -0.119. The first-order valence-electron chi connectivity index (χ1n) is 3.22. The standard InChI is InChI=1S/C7H5ClN2O3/c8-6-5(13-7(9)12)4(3-11)1-2-10-6/h1-3H,(H2,9,12). The maximum Gasteiger partial charge on any atom is 0.410 e. The van der Waals surface area contributed by atoms with Crippen LogP contribution in [0.4, 0.5) is 4.79 Å². The number of ether oxygens (including phenoxy) is 1. The predicted molar refractivity (Wildman–Crippen MR) is 44.8 cm³/mol. The van der Waals surface area contributed by atoms with E-state index in [1.807, 2.05) is 0 Å². The first-order chi connectivity index (χ1) is 6.15. The van der Waals surface area contributed by atoms with Gasteiger partial charge in [0.05, 0.1) is 5.56 Å². The van der Waals surface area contributed by atoms with E-state index in [1.165, 1.54) is 12.3 Å². The average molecular weight is 201 g/mol. The van der Waals surface area contributed by atoms with E-state index in [4.69, 9.17) is 17.3 Å². The van der Waals surface area contributed by atoms with Crippen LogP contribution < -0.4 is 10.5 Å². The molecule has 0 atom stereocenters. The fourth-order valence-electron chi connectivity index (χ4n) is 0.731. The van der Waals surface area contributed by atoms with Gasteiger partial charge in [-0.3, -0.25) is 4.79 Å². The second-order valence-corrected chi connectivity index (χ2v) is 2.42. The van der Waals surface area contributed by atoms with Crippen LogP contribution in [0, 0.1) is 0 Å². The number of carbonyl (C=O) groups excluding carboxylic acids is 2. The van der Waals surface area contributed by atoms with Crippen molar-refractivity contribution in [3.8, 4) is 5.75 Å². The molecule has 6 heteroatoms. The molecular formula is C7H5ClN2O3. The molecule has 0 fully saturated rings. The van der Waals surface area contributed by atoms with Gasteiger partial charge in [0.15, 0.2) is 17.2 Å². The van der Waals surface area contributed by atoms with E-state index in [0.29, 0.717) is 6.29 Å². The van der Waals surface area contributed by atoms with Gasteiger partial charge in [-0.15, -0.1) is 0 Å². The van der Waals surface area contributed by atoms with Crippen LogP contribution in [0.15, 0.2) is 12.3 Å². The van der Waals surface area contributed by atoms with E-state index in [0.717, 1.165) is 0 Å². The first-order valence-corrected chi connectivity index (χ1v) is 3.60. The van der Waals surface area contributed by atoms with Crippen LogP contribution in [0.1, 0.15) is 10.4 Å². The van der Waals surface area contributed by atoms with Gasteiger partial charge in [0.1, 0.15) is 0 Å². The molecular weight excluding hydrogens is 196 g/mol. The van der Waals surface area contributed by atoms with Crippen LogP contribution in [-0.2, 0) is 0 Å². The Morgan fingerprint density at radius 3 is 2.92 bits per heavy atom. The molecule has 0 spiro atoms. The van der Waals surface area contributed by atoms with Crippen LogP contribution in [-0.4, -0.2) is 17.4 Å². The summed E-state index contributed by atoms with van der Waals surface area (Å²) in [6.07, 6.45) is 0.768. The minimum Gasteiger partial charge on any atom is -0.406 e. The smallest absolute Gasteiger partial charge is 0.406 e. The lowest BCUT2D eigenvalue weighted by Crippen LogP contribution is -2.17. The third-order valence-electron chi connectivity index (χ3n) is 1.22. The molecule has 1 amide bonds. The lowest BCUT2D eigenvalue weighted by Gasteiger charge is -2.03. The summed E-state index contributed by atoms with van der Waals surface area (Å²) in [4.78, 5) is 24.4. The zero-order valence-corrected chi connectivity index (χ0v) is 7.12. The second kappa shape index (κ2) is 3.86. The summed E-state index contributed by atoms with van der Waals surface area (Å²) in [6, 6.07) is 1.36. The van der Waals surface area contributed by atoms with Gasteiger partial charge in [-0.25, -0.2) is 9.78 Å². The number of aldehydes is 1. The maximum atomic E-state index is 10.4. The van der Waals surface area contributed by atoms with Gasteiger partial charge in [0, 0.05) is 6.20 Å². The highest BCUT2D eigenvalue weighted by atomic mass is 35.5. The topological polar surface area (TPSA) is 82.3 Å². The van der Waals surface area contributed by atoms with Gasteiger partial charge in [0.25, 0.3) is 0 Å². The number of aromatic nitrogens is 1. The summed E-state index contributed by atoms with van der Waals surface area (Å²) < 4.78 is 4.48. The Hall–Kier alpha value is -1.62. The van der Waals surface area contributed by atoms with Crippen molar-refractivity contribution >= 4 is 24.0 Å². The minimum atomic E-state index is -1.04. The Balaban J connectivity index is 3.14. The molecule has 0 bridgehead atoms. The van der Waals surface area contributed by atoms with Crippen molar-refractivity contribution in [2.24, 2.45) is 5.73 Å². The highest BCUT2D eigenvalue weighted by Crippen LogP contribution is 2.24. The number of amides is 1. The van der Waals surface area contributed by atoms with E-state index in [9.17, 15) is 9.59 Å². The predicted octanol–water partition coefficient (Wildman–Crippen LogP) is 1.01. The number of rotatable bonds is 2. The Bertz CT molecular complexity index is 354. The lowest BCUT2D eigenvalue weighted by atomic mass is 10.3. The van der Waals surface area contributed by atoms with E-state index in [2.05, 4.69) is 9.72 Å².